The summed E-state index contributed by atoms with van der Waals surface area (Å²) < 4.78 is 0. The molecule has 1 spiro atoms. The van der Waals surface area contributed by atoms with E-state index in [1.165, 1.54) is 0 Å². The molecule has 1 aromatic carbocycles. The third-order valence-electron chi connectivity index (χ3n) is 5.11. The Morgan fingerprint density at radius 3 is 2.67 bits per heavy atom. The van der Waals surface area contributed by atoms with Crippen molar-refractivity contribution < 1.29 is 14.8 Å². The molecule has 6 heteroatoms. The molecule has 1 fully saturated rings. The highest BCUT2D eigenvalue weighted by Gasteiger charge is 2.50. The second-order valence-corrected chi connectivity index (χ2v) is 6.47. The number of anilines is 1. The van der Waals surface area contributed by atoms with E-state index in [9.17, 15) is 9.59 Å². The Labute approximate surface area is 139 Å². The number of carbonyl (C=O) groups is 2. The fraction of sp³-hybridized carbons (Fsp3) is 0.278. The van der Waals surface area contributed by atoms with Crippen LogP contribution < -0.4 is 10.4 Å². The molecule has 1 aromatic heterocycles. The van der Waals surface area contributed by atoms with Gasteiger partial charge in [0.05, 0.1) is 5.41 Å². The Balaban J connectivity index is 1.62. The second-order valence-electron chi connectivity index (χ2n) is 6.47. The molecule has 0 unspecified atom stereocenters. The molecule has 2 amide bonds. The van der Waals surface area contributed by atoms with E-state index in [-0.39, 0.29) is 5.91 Å². The first-order chi connectivity index (χ1) is 11.6. The van der Waals surface area contributed by atoms with Crippen molar-refractivity contribution in [2.75, 3.05) is 11.4 Å². The van der Waals surface area contributed by atoms with Gasteiger partial charge in [0, 0.05) is 30.2 Å². The molecule has 2 heterocycles. The number of benzene rings is 1. The number of nitrogens with one attached hydrogen (secondary N) is 1. The zero-order valence-electron chi connectivity index (χ0n) is 13.0. The third-order valence-corrected chi connectivity index (χ3v) is 5.11. The van der Waals surface area contributed by atoms with Gasteiger partial charge in [0.1, 0.15) is 0 Å². The molecule has 1 aliphatic heterocycles. The molecule has 24 heavy (non-hydrogen) atoms. The number of pyridine rings is 1. The van der Waals surface area contributed by atoms with E-state index in [1.54, 1.807) is 30.0 Å². The molecule has 1 saturated heterocycles. The van der Waals surface area contributed by atoms with Crippen LogP contribution in [0.2, 0.25) is 0 Å². The van der Waals surface area contributed by atoms with Gasteiger partial charge in [-0.25, -0.2) is 5.48 Å². The maximum absolute atomic E-state index is 13.1. The number of amides is 2. The molecule has 0 radical (unpaired) electrons. The van der Waals surface area contributed by atoms with Crippen LogP contribution in [0.5, 0.6) is 0 Å². The largest absolute Gasteiger partial charge is 0.312 e. The standard InChI is InChI=1S/C18H17N3O3/c22-16(20-24)12-1-2-13-10-18(11-14(13)9-12)5-8-21(17(18)23)15-3-6-19-7-4-15/h1-4,6-7,9,24H,5,8,10-11H2,(H,20,22)/t18-/m1/s1. The van der Waals surface area contributed by atoms with Gasteiger partial charge in [-0.3, -0.25) is 19.8 Å². The number of carbonyl (C=O) groups excluding carboxylic acids is 2. The number of hydroxylamine groups is 1. The van der Waals surface area contributed by atoms with Gasteiger partial charge in [0.2, 0.25) is 5.91 Å². The van der Waals surface area contributed by atoms with E-state index in [0.29, 0.717) is 24.9 Å². The Morgan fingerprint density at radius 2 is 1.92 bits per heavy atom. The van der Waals surface area contributed by atoms with E-state index in [1.807, 2.05) is 23.1 Å². The summed E-state index contributed by atoms with van der Waals surface area (Å²) in [6, 6.07) is 9.05. The van der Waals surface area contributed by atoms with Gasteiger partial charge in [-0.05, 0) is 54.7 Å². The van der Waals surface area contributed by atoms with Crippen LogP contribution in [0.15, 0.2) is 42.7 Å². The van der Waals surface area contributed by atoms with Crippen LogP contribution in [-0.4, -0.2) is 28.6 Å². The molecule has 1 aliphatic carbocycles. The summed E-state index contributed by atoms with van der Waals surface area (Å²) in [5.41, 5.74) is 4.64. The second kappa shape index (κ2) is 5.42. The van der Waals surface area contributed by atoms with Gasteiger partial charge in [-0.2, -0.15) is 0 Å². The van der Waals surface area contributed by atoms with Crippen molar-refractivity contribution in [2.24, 2.45) is 5.41 Å². The molecule has 6 nitrogen and oxygen atoms in total. The van der Waals surface area contributed by atoms with E-state index < -0.39 is 11.3 Å². The number of aromatic nitrogens is 1. The predicted molar refractivity (Wildman–Crippen MR) is 86.7 cm³/mol. The summed E-state index contributed by atoms with van der Waals surface area (Å²) in [5, 5.41) is 8.78. The molecule has 2 aliphatic rings. The summed E-state index contributed by atoms with van der Waals surface area (Å²) in [4.78, 5) is 30.5. The van der Waals surface area contributed by atoms with Crippen molar-refractivity contribution in [1.29, 1.82) is 0 Å². The summed E-state index contributed by atoms with van der Waals surface area (Å²) >= 11 is 0. The maximum atomic E-state index is 13.1. The van der Waals surface area contributed by atoms with Crippen molar-refractivity contribution in [1.82, 2.24) is 10.5 Å². The zero-order chi connectivity index (χ0) is 16.7. The minimum absolute atomic E-state index is 0.137. The van der Waals surface area contributed by atoms with Crippen LogP contribution in [0.3, 0.4) is 0 Å². The normalized spacial score (nSPS) is 22.0. The van der Waals surface area contributed by atoms with Gasteiger partial charge in [0.15, 0.2) is 0 Å². The van der Waals surface area contributed by atoms with Crippen LogP contribution in [0, 0.1) is 5.41 Å². The minimum atomic E-state index is -0.532. The number of rotatable bonds is 2. The highest BCUT2D eigenvalue weighted by Crippen LogP contribution is 2.46. The molecule has 2 N–H and O–H groups in total. The molecular weight excluding hydrogens is 306 g/mol. The van der Waals surface area contributed by atoms with Gasteiger partial charge in [-0.1, -0.05) is 6.07 Å². The first kappa shape index (κ1) is 14.8. The lowest BCUT2D eigenvalue weighted by molar-refractivity contribution is -0.125. The van der Waals surface area contributed by atoms with Crippen LogP contribution in [-0.2, 0) is 17.6 Å². The van der Waals surface area contributed by atoms with Crippen molar-refractivity contribution in [3.8, 4) is 0 Å². The van der Waals surface area contributed by atoms with Gasteiger partial charge < -0.3 is 4.90 Å². The van der Waals surface area contributed by atoms with E-state index in [2.05, 4.69) is 4.98 Å². The fourth-order valence-electron chi connectivity index (χ4n) is 3.88. The summed E-state index contributed by atoms with van der Waals surface area (Å²) in [6.45, 7) is 0.695. The quantitative estimate of drug-likeness (QED) is 0.651. The third kappa shape index (κ3) is 2.18. The van der Waals surface area contributed by atoms with Crippen LogP contribution >= 0.6 is 0 Å². The van der Waals surface area contributed by atoms with E-state index >= 15 is 0 Å². The fourth-order valence-corrected chi connectivity index (χ4v) is 3.88. The number of nitrogens with zero attached hydrogens (tertiary/aromatic N) is 2. The molecule has 0 bridgehead atoms. The van der Waals surface area contributed by atoms with Gasteiger partial charge >= 0.3 is 0 Å². The van der Waals surface area contributed by atoms with Gasteiger partial charge in [0.25, 0.3) is 5.91 Å². The Kier molecular flexibility index (Phi) is 3.35. The smallest absolute Gasteiger partial charge is 0.274 e. The molecule has 2 aromatic rings. The Morgan fingerprint density at radius 1 is 1.17 bits per heavy atom. The average molecular weight is 323 g/mol. The van der Waals surface area contributed by atoms with Crippen molar-refractivity contribution in [3.63, 3.8) is 0 Å². The molecule has 4 rings (SSSR count). The van der Waals surface area contributed by atoms with E-state index in [4.69, 9.17) is 5.21 Å². The van der Waals surface area contributed by atoms with Gasteiger partial charge in [-0.15, -0.1) is 0 Å². The lowest BCUT2D eigenvalue weighted by Gasteiger charge is -2.22. The van der Waals surface area contributed by atoms with Crippen molar-refractivity contribution in [3.05, 3.63) is 59.4 Å². The monoisotopic (exact) mass is 323 g/mol. The zero-order valence-corrected chi connectivity index (χ0v) is 13.0. The van der Waals surface area contributed by atoms with Crippen LogP contribution in [0.25, 0.3) is 0 Å². The van der Waals surface area contributed by atoms with Crippen LogP contribution in [0.4, 0.5) is 5.69 Å². The Hall–Kier alpha value is -2.73. The van der Waals surface area contributed by atoms with Crippen molar-refractivity contribution >= 4 is 17.5 Å². The van der Waals surface area contributed by atoms with Crippen LogP contribution in [0.1, 0.15) is 27.9 Å². The number of fused-ring (bicyclic) bond motifs is 1. The summed E-state index contributed by atoms with van der Waals surface area (Å²) in [5.74, 6) is -0.395. The number of hydrogen-bond acceptors (Lipinski definition) is 4. The molecule has 122 valence electrons. The highest BCUT2D eigenvalue weighted by atomic mass is 16.5. The lowest BCUT2D eigenvalue weighted by atomic mass is 9.83. The molecule has 1 atom stereocenters. The Bertz CT molecular complexity index is 822. The van der Waals surface area contributed by atoms with Crippen molar-refractivity contribution in [2.45, 2.75) is 19.3 Å². The first-order valence-corrected chi connectivity index (χ1v) is 7.91. The lowest BCUT2D eigenvalue weighted by Crippen LogP contribution is -2.35. The predicted octanol–water partition coefficient (Wildman–Crippen LogP) is 1.72. The molecule has 0 saturated carbocycles. The maximum Gasteiger partial charge on any atom is 0.274 e. The highest BCUT2D eigenvalue weighted by molar-refractivity contribution is 6.01. The summed E-state index contributed by atoms with van der Waals surface area (Å²) in [6.07, 6.45) is 5.51. The van der Waals surface area contributed by atoms with E-state index in [0.717, 1.165) is 23.2 Å². The molecular formula is C18H17N3O3. The topological polar surface area (TPSA) is 82.5 Å². The SMILES string of the molecule is O=C(NO)c1ccc2c(c1)C[C@@]1(CCN(c3ccncc3)C1=O)C2. The minimum Gasteiger partial charge on any atom is -0.312 e. The number of hydrogen-bond donors (Lipinski definition) is 2. The average Bonchev–Trinajstić information content (AvgIpc) is 3.15. The summed E-state index contributed by atoms with van der Waals surface area (Å²) in [7, 11) is 0. The first-order valence-electron chi connectivity index (χ1n) is 7.91.